The van der Waals surface area contributed by atoms with Gasteiger partial charge in [0.05, 0.1) is 22.1 Å². The van der Waals surface area contributed by atoms with E-state index >= 15 is 0 Å². The lowest BCUT2D eigenvalue weighted by atomic mass is 10.2. The number of rotatable bonds is 7. The molecule has 3 aromatic rings. The smallest absolute Gasteiger partial charge is 0.356 e. The predicted octanol–water partition coefficient (Wildman–Crippen LogP) is 4.68. The zero-order valence-corrected chi connectivity index (χ0v) is 19.5. The van der Waals surface area contributed by atoms with Crippen molar-refractivity contribution in [3.8, 4) is 17.2 Å². The maximum Gasteiger partial charge on any atom is 0.356 e. The summed E-state index contributed by atoms with van der Waals surface area (Å²) in [6.07, 6.45) is 0.833. The second-order valence-corrected chi connectivity index (χ2v) is 9.98. The summed E-state index contributed by atoms with van der Waals surface area (Å²) in [5, 5.41) is 1.92. The molecule has 31 heavy (non-hydrogen) atoms. The summed E-state index contributed by atoms with van der Waals surface area (Å²) in [5.74, 6) is 0.348. The van der Waals surface area contributed by atoms with E-state index in [1.54, 1.807) is 6.07 Å². The average molecular weight is 531 g/mol. The molecule has 0 atom stereocenters. The number of hydrogen-bond acceptors (Lipinski definition) is 6. The van der Waals surface area contributed by atoms with Gasteiger partial charge in [0.2, 0.25) is 0 Å². The number of nitrogens with one attached hydrogen (secondary N) is 1. The Kier molecular flexibility index (Phi) is 7.13. The number of hydrogen-bond donors (Lipinski definition) is 3. The lowest BCUT2D eigenvalue weighted by molar-refractivity contribution is 0.102. The quantitative estimate of drug-likeness (QED) is 0.379. The molecule has 3 rings (SSSR count). The van der Waals surface area contributed by atoms with Crippen molar-refractivity contribution in [3.05, 3.63) is 57.8 Å². The van der Waals surface area contributed by atoms with Gasteiger partial charge in [-0.05, 0) is 60.1 Å². The monoisotopic (exact) mass is 530 g/mol. The lowest BCUT2D eigenvalue weighted by Crippen LogP contribution is -2.13. The molecule has 0 fully saturated rings. The molecule has 1 aromatic heterocycles. The van der Waals surface area contributed by atoms with Gasteiger partial charge in [0.1, 0.15) is 17.2 Å². The van der Waals surface area contributed by atoms with Crippen LogP contribution in [0.4, 0.5) is 9.52 Å². The molecule has 12 heteroatoms. The molecule has 0 aliphatic rings. The Labute approximate surface area is 189 Å². The standard InChI is InChI=1S/C19H17BrFN2O6PS/c1-10(2)28-12-5-11(18(24)23-19-22-9-17(21)31-19)6-13(7-12)29-16-4-3-14(8-15(16)20)30(25,26)27/h3-10H,1-2H3,(H,22,23,24)(H2,25,26,27). The highest BCUT2D eigenvalue weighted by Crippen LogP contribution is 2.38. The number of amides is 1. The Morgan fingerprint density at radius 2 is 1.94 bits per heavy atom. The van der Waals surface area contributed by atoms with Crippen molar-refractivity contribution in [1.82, 2.24) is 4.98 Å². The number of ether oxygens (including phenoxy) is 2. The van der Waals surface area contributed by atoms with Gasteiger partial charge < -0.3 is 19.3 Å². The van der Waals surface area contributed by atoms with Crippen LogP contribution in [0.3, 0.4) is 0 Å². The molecular weight excluding hydrogens is 514 g/mol. The zero-order valence-electron chi connectivity index (χ0n) is 16.2. The fraction of sp³-hybridized carbons (Fsp3) is 0.158. The maximum absolute atomic E-state index is 13.1. The van der Waals surface area contributed by atoms with E-state index in [9.17, 15) is 23.5 Å². The molecular formula is C19H17BrFN2O6PS. The number of nitrogens with zero attached hydrogens (tertiary/aromatic N) is 1. The topological polar surface area (TPSA) is 118 Å². The molecule has 0 saturated heterocycles. The Morgan fingerprint density at radius 3 is 2.52 bits per heavy atom. The van der Waals surface area contributed by atoms with E-state index in [-0.39, 0.29) is 33.6 Å². The Bertz CT molecular complexity index is 1170. The molecule has 0 aliphatic heterocycles. The van der Waals surface area contributed by atoms with Gasteiger partial charge in [-0.15, -0.1) is 0 Å². The van der Waals surface area contributed by atoms with Crippen molar-refractivity contribution in [1.29, 1.82) is 0 Å². The zero-order chi connectivity index (χ0) is 22.8. The molecule has 164 valence electrons. The van der Waals surface area contributed by atoms with Gasteiger partial charge >= 0.3 is 7.60 Å². The lowest BCUT2D eigenvalue weighted by Gasteiger charge is -2.15. The van der Waals surface area contributed by atoms with Gasteiger partial charge in [-0.2, -0.15) is 4.39 Å². The number of carbonyl (C=O) groups is 1. The van der Waals surface area contributed by atoms with Crippen molar-refractivity contribution >= 4 is 51.2 Å². The van der Waals surface area contributed by atoms with Crippen molar-refractivity contribution < 1.29 is 33.0 Å². The molecule has 0 saturated carbocycles. The molecule has 1 heterocycles. The average Bonchev–Trinajstić information content (AvgIpc) is 3.06. The SMILES string of the molecule is CC(C)Oc1cc(Oc2ccc(P(=O)(O)O)cc2Br)cc(C(=O)Nc2ncc(F)s2)c1. The minimum Gasteiger partial charge on any atom is -0.491 e. The molecule has 0 spiro atoms. The third-order valence-corrected chi connectivity index (χ3v) is 5.96. The minimum absolute atomic E-state index is 0.107. The Morgan fingerprint density at radius 1 is 1.23 bits per heavy atom. The third kappa shape index (κ3) is 6.34. The Hall–Kier alpha value is -2.30. The van der Waals surface area contributed by atoms with Crippen LogP contribution >= 0.6 is 34.9 Å². The first-order valence-electron chi connectivity index (χ1n) is 8.79. The summed E-state index contributed by atoms with van der Waals surface area (Å²) >= 11 is 3.92. The van der Waals surface area contributed by atoms with E-state index in [2.05, 4.69) is 26.2 Å². The van der Waals surface area contributed by atoms with Crippen LogP contribution in [0.1, 0.15) is 24.2 Å². The van der Waals surface area contributed by atoms with E-state index in [0.717, 1.165) is 6.20 Å². The first-order chi connectivity index (χ1) is 14.5. The molecule has 0 radical (unpaired) electrons. The highest BCUT2D eigenvalue weighted by atomic mass is 79.9. The van der Waals surface area contributed by atoms with Crippen LogP contribution in [0.25, 0.3) is 0 Å². The molecule has 1 amide bonds. The van der Waals surface area contributed by atoms with Crippen molar-refractivity contribution in [2.45, 2.75) is 20.0 Å². The number of halogens is 2. The minimum atomic E-state index is -4.41. The van der Waals surface area contributed by atoms with Gasteiger partial charge in [-0.1, -0.05) is 11.3 Å². The summed E-state index contributed by atoms with van der Waals surface area (Å²) in [6, 6.07) is 8.44. The van der Waals surface area contributed by atoms with E-state index in [0.29, 0.717) is 21.6 Å². The van der Waals surface area contributed by atoms with Crippen LogP contribution < -0.4 is 20.1 Å². The number of anilines is 1. The second-order valence-electron chi connectivity index (χ2n) is 6.54. The number of thiazole rings is 1. The normalized spacial score (nSPS) is 11.5. The maximum atomic E-state index is 13.1. The van der Waals surface area contributed by atoms with Gasteiger partial charge in [0.15, 0.2) is 10.3 Å². The molecule has 0 unspecified atom stereocenters. The summed E-state index contributed by atoms with van der Waals surface area (Å²) in [4.78, 5) is 35.0. The first-order valence-corrected chi connectivity index (χ1v) is 12.0. The van der Waals surface area contributed by atoms with Gasteiger partial charge in [-0.3, -0.25) is 14.7 Å². The third-order valence-electron chi connectivity index (χ3n) is 3.69. The van der Waals surface area contributed by atoms with E-state index in [4.69, 9.17) is 9.47 Å². The summed E-state index contributed by atoms with van der Waals surface area (Å²) < 4.78 is 36.4. The molecule has 8 nitrogen and oxygen atoms in total. The van der Waals surface area contributed by atoms with Crippen molar-refractivity contribution in [2.24, 2.45) is 0 Å². The van der Waals surface area contributed by atoms with Crippen molar-refractivity contribution in [3.63, 3.8) is 0 Å². The highest BCUT2D eigenvalue weighted by Gasteiger charge is 2.19. The van der Waals surface area contributed by atoms with Crippen LogP contribution in [0.5, 0.6) is 17.2 Å². The fourth-order valence-corrected chi connectivity index (χ4v) is 4.21. The van der Waals surface area contributed by atoms with E-state index < -0.39 is 18.6 Å². The first kappa shape index (κ1) is 23.4. The van der Waals surface area contributed by atoms with Crippen LogP contribution in [0, 0.1) is 5.13 Å². The number of carbonyl (C=O) groups excluding carboxylic acids is 1. The van der Waals surface area contributed by atoms with E-state index in [1.807, 2.05) is 13.8 Å². The van der Waals surface area contributed by atoms with Gasteiger partial charge in [0, 0.05) is 11.6 Å². The Balaban J connectivity index is 1.91. The summed E-state index contributed by atoms with van der Waals surface area (Å²) in [5.41, 5.74) is 0.187. The molecule has 0 bridgehead atoms. The number of aromatic nitrogens is 1. The largest absolute Gasteiger partial charge is 0.491 e. The molecule has 2 aromatic carbocycles. The summed E-state index contributed by atoms with van der Waals surface area (Å²) in [6.45, 7) is 3.64. The van der Waals surface area contributed by atoms with Crippen LogP contribution in [-0.4, -0.2) is 26.8 Å². The molecule has 3 N–H and O–H groups in total. The van der Waals surface area contributed by atoms with E-state index in [1.165, 1.54) is 30.3 Å². The van der Waals surface area contributed by atoms with Crippen molar-refractivity contribution in [2.75, 3.05) is 5.32 Å². The second kappa shape index (κ2) is 9.46. The van der Waals surface area contributed by atoms with Crippen LogP contribution in [0.2, 0.25) is 0 Å². The van der Waals surface area contributed by atoms with Gasteiger partial charge in [-0.25, -0.2) is 4.98 Å². The highest BCUT2D eigenvalue weighted by molar-refractivity contribution is 9.10. The molecule has 0 aliphatic carbocycles. The predicted molar refractivity (Wildman–Crippen MR) is 118 cm³/mol. The van der Waals surface area contributed by atoms with Crippen LogP contribution in [-0.2, 0) is 4.57 Å². The summed E-state index contributed by atoms with van der Waals surface area (Å²) in [7, 11) is -4.41. The number of benzene rings is 2. The van der Waals surface area contributed by atoms with Gasteiger partial charge in [0.25, 0.3) is 5.91 Å². The fourth-order valence-electron chi connectivity index (χ4n) is 2.46. The van der Waals surface area contributed by atoms with Crippen LogP contribution in [0.15, 0.2) is 47.1 Å².